The van der Waals surface area contributed by atoms with Gasteiger partial charge in [0.2, 0.25) is 5.91 Å². The van der Waals surface area contributed by atoms with Gasteiger partial charge in [-0.1, -0.05) is 0 Å². The number of carbonyl (C=O) groups is 2. The Morgan fingerprint density at radius 1 is 0.750 bits per heavy atom. The van der Waals surface area contributed by atoms with Gasteiger partial charge in [0.25, 0.3) is 0 Å². The van der Waals surface area contributed by atoms with Crippen molar-refractivity contribution in [2.24, 2.45) is 0 Å². The zero-order valence-electron chi connectivity index (χ0n) is 14.0. The summed E-state index contributed by atoms with van der Waals surface area (Å²) in [7, 11) is 0. The average molecular weight is 351 g/mol. The summed E-state index contributed by atoms with van der Waals surface area (Å²) in [4.78, 5) is 21.5. The topological polar surface area (TPSA) is 124 Å². The van der Waals surface area contributed by atoms with E-state index in [1.165, 1.54) is 0 Å². The number of rotatable bonds is 18. The molecule has 0 bridgehead atoms. The summed E-state index contributed by atoms with van der Waals surface area (Å²) in [5.74, 6) is -1.24. The number of hydrogen-bond acceptors (Lipinski definition) is 7. The molecule has 0 aliphatic heterocycles. The van der Waals surface area contributed by atoms with Crippen LogP contribution < -0.4 is 5.32 Å². The van der Waals surface area contributed by atoms with Gasteiger partial charge in [-0.15, -0.1) is 0 Å². The van der Waals surface area contributed by atoms with E-state index in [4.69, 9.17) is 29.2 Å². The average Bonchev–Trinajstić information content (AvgIpc) is 2.56. The third-order valence-electron chi connectivity index (χ3n) is 2.71. The number of carboxylic acid groups (broad SMARTS) is 1. The fourth-order valence-electron chi connectivity index (χ4n) is 1.54. The summed E-state index contributed by atoms with van der Waals surface area (Å²) in [6, 6.07) is 0. The number of aliphatic hydroxyl groups is 1. The van der Waals surface area contributed by atoms with Crippen molar-refractivity contribution in [1.29, 1.82) is 0 Å². The first-order valence-electron chi connectivity index (χ1n) is 8.07. The second kappa shape index (κ2) is 18.1. The minimum absolute atomic E-state index is 0.000336. The molecule has 0 saturated heterocycles. The predicted octanol–water partition coefficient (Wildman–Crippen LogP) is -0.584. The molecule has 0 aliphatic rings. The summed E-state index contributed by atoms with van der Waals surface area (Å²) in [5.41, 5.74) is 0. The first-order valence-corrected chi connectivity index (χ1v) is 8.07. The normalized spacial score (nSPS) is 10.7. The van der Waals surface area contributed by atoms with Crippen LogP contribution in [0.2, 0.25) is 0 Å². The van der Waals surface area contributed by atoms with E-state index < -0.39 is 5.97 Å². The largest absolute Gasteiger partial charge is 0.481 e. The van der Waals surface area contributed by atoms with Crippen molar-refractivity contribution in [2.75, 3.05) is 66.0 Å². The quantitative estimate of drug-likeness (QED) is 0.280. The van der Waals surface area contributed by atoms with E-state index in [9.17, 15) is 9.59 Å². The molecule has 9 nitrogen and oxygen atoms in total. The monoisotopic (exact) mass is 351 g/mol. The van der Waals surface area contributed by atoms with Gasteiger partial charge >= 0.3 is 5.97 Å². The highest BCUT2D eigenvalue weighted by atomic mass is 16.6. The van der Waals surface area contributed by atoms with Crippen molar-refractivity contribution in [3.63, 3.8) is 0 Å². The summed E-state index contributed by atoms with van der Waals surface area (Å²) in [5, 5.41) is 19.5. The third kappa shape index (κ3) is 18.8. The molecule has 0 aromatic carbocycles. The van der Waals surface area contributed by atoms with Crippen molar-refractivity contribution in [2.45, 2.75) is 19.3 Å². The molecule has 0 aromatic rings. The lowest BCUT2D eigenvalue weighted by Crippen LogP contribution is -2.25. The maximum absolute atomic E-state index is 11.2. The number of hydrogen-bond donors (Lipinski definition) is 3. The highest BCUT2D eigenvalue weighted by Crippen LogP contribution is 1.89. The van der Waals surface area contributed by atoms with E-state index in [2.05, 4.69) is 5.32 Å². The lowest BCUT2D eigenvalue weighted by Gasteiger charge is -2.07. The van der Waals surface area contributed by atoms with Crippen LogP contribution in [-0.2, 0) is 28.5 Å². The molecule has 0 rings (SSSR count). The zero-order valence-corrected chi connectivity index (χ0v) is 14.0. The molecule has 0 spiro atoms. The highest BCUT2D eigenvalue weighted by Gasteiger charge is 2.03. The smallest absolute Gasteiger partial charge is 0.303 e. The standard InChI is InChI=1S/C15H29NO8/c17-5-7-22-9-11-24-13-12-23-10-8-21-6-1-4-16-14(18)2-3-15(19)20/h17H,1-13H2,(H,16,18)(H,19,20). The number of amides is 1. The number of carbonyl (C=O) groups excluding carboxylic acids is 1. The van der Waals surface area contributed by atoms with Crippen LogP contribution in [0.3, 0.4) is 0 Å². The Morgan fingerprint density at radius 3 is 1.75 bits per heavy atom. The molecule has 0 atom stereocenters. The maximum atomic E-state index is 11.2. The van der Waals surface area contributed by atoms with E-state index >= 15 is 0 Å². The van der Waals surface area contributed by atoms with Crippen LogP contribution in [0.1, 0.15) is 19.3 Å². The molecule has 0 unspecified atom stereocenters. The zero-order chi connectivity index (χ0) is 17.9. The number of ether oxygens (including phenoxy) is 4. The molecule has 0 aromatic heterocycles. The molecular weight excluding hydrogens is 322 g/mol. The van der Waals surface area contributed by atoms with Crippen LogP contribution in [0.15, 0.2) is 0 Å². The van der Waals surface area contributed by atoms with Gasteiger partial charge in [0.1, 0.15) is 0 Å². The third-order valence-corrected chi connectivity index (χ3v) is 2.71. The van der Waals surface area contributed by atoms with Gasteiger partial charge in [-0.3, -0.25) is 9.59 Å². The first kappa shape index (κ1) is 22.7. The Bertz CT molecular complexity index is 314. The minimum atomic E-state index is -0.978. The van der Waals surface area contributed by atoms with Gasteiger partial charge in [0.05, 0.1) is 59.3 Å². The number of nitrogens with one attached hydrogen (secondary N) is 1. The first-order chi connectivity index (χ1) is 11.7. The van der Waals surface area contributed by atoms with Gasteiger partial charge in [-0.25, -0.2) is 0 Å². The van der Waals surface area contributed by atoms with Crippen LogP contribution >= 0.6 is 0 Å². The van der Waals surface area contributed by atoms with Crippen molar-refractivity contribution < 1.29 is 38.7 Å². The Hall–Kier alpha value is -1.26. The number of aliphatic hydroxyl groups excluding tert-OH is 1. The summed E-state index contributed by atoms with van der Waals surface area (Å²) >= 11 is 0. The molecule has 3 N–H and O–H groups in total. The van der Waals surface area contributed by atoms with Gasteiger partial charge in [-0.2, -0.15) is 0 Å². The van der Waals surface area contributed by atoms with Crippen LogP contribution in [-0.4, -0.2) is 88.1 Å². The lowest BCUT2D eigenvalue weighted by atomic mass is 10.3. The van der Waals surface area contributed by atoms with Crippen LogP contribution in [0.25, 0.3) is 0 Å². The molecule has 0 radical (unpaired) electrons. The molecule has 0 fully saturated rings. The summed E-state index contributed by atoms with van der Waals surface area (Å²) in [6.45, 7) is 4.11. The summed E-state index contributed by atoms with van der Waals surface area (Å²) in [6.07, 6.45) is 0.508. The fraction of sp³-hybridized carbons (Fsp3) is 0.867. The van der Waals surface area contributed by atoms with Crippen LogP contribution in [0.4, 0.5) is 0 Å². The Labute approximate surface area is 142 Å². The molecule has 0 aliphatic carbocycles. The van der Waals surface area contributed by atoms with Crippen molar-refractivity contribution in [3.8, 4) is 0 Å². The SMILES string of the molecule is O=C(O)CCC(=O)NCCCOCCOCCOCCOCCO. The second-order valence-corrected chi connectivity index (χ2v) is 4.77. The molecular formula is C15H29NO8. The van der Waals surface area contributed by atoms with Gasteiger partial charge in [0, 0.05) is 19.6 Å². The summed E-state index contributed by atoms with van der Waals surface area (Å²) < 4.78 is 20.9. The van der Waals surface area contributed by atoms with E-state index in [1.807, 2.05) is 0 Å². The molecule has 142 valence electrons. The Morgan fingerprint density at radius 2 is 1.25 bits per heavy atom. The Kier molecular flexibility index (Phi) is 17.1. The Balaban J connectivity index is 3.10. The van der Waals surface area contributed by atoms with E-state index in [0.717, 1.165) is 0 Å². The predicted molar refractivity (Wildman–Crippen MR) is 84.9 cm³/mol. The van der Waals surface area contributed by atoms with Gasteiger partial charge < -0.3 is 34.5 Å². The van der Waals surface area contributed by atoms with E-state index in [-0.39, 0.29) is 25.4 Å². The molecule has 0 heterocycles. The van der Waals surface area contributed by atoms with Crippen molar-refractivity contribution >= 4 is 11.9 Å². The minimum Gasteiger partial charge on any atom is -0.481 e. The van der Waals surface area contributed by atoms with Crippen LogP contribution in [0, 0.1) is 0 Å². The van der Waals surface area contributed by atoms with E-state index in [1.54, 1.807) is 0 Å². The number of carboxylic acids is 1. The lowest BCUT2D eigenvalue weighted by molar-refractivity contribution is -0.138. The fourth-order valence-corrected chi connectivity index (χ4v) is 1.54. The highest BCUT2D eigenvalue weighted by molar-refractivity contribution is 5.80. The maximum Gasteiger partial charge on any atom is 0.303 e. The van der Waals surface area contributed by atoms with Crippen LogP contribution in [0.5, 0.6) is 0 Å². The second-order valence-electron chi connectivity index (χ2n) is 4.77. The molecule has 1 amide bonds. The molecule has 0 saturated carbocycles. The van der Waals surface area contributed by atoms with Crippen molar-refractivity contribution in [1.82, 2.24) is 5.32 Å². The number of aliphatic carboxylic acids is 1. The van der Waals surface area contributed by atoms with Gasteiger partial charge in [-0.05, 0) is 6.42 Å². The van der Waals surface area contributed by atoms with Gasteiger partial charge in [0.15, 0.2) is 0 Å². The van der Waals surface area contributed by atoms with Crippen molar-refractivity contribution in [3.05, 3.63) is 0 Å². The molecule has 9 heteroatoms. The molecule has 24 heavy (non-hydrogen) atoms. The van der Waals surface area contributed by atoms with E-state index in [0.29, 0.717) is 65.8 Å².